The van der Waals surface area contributed by atoms with Gasteiger partial charge in [-0.1, -0.05) is 6.92 Å². The van der Waals surface area contributed by atoms with Crippen molar-refractivity contribution in [1.29, 1.82) is 0 Å². The quantitative estimate of drug-likeness (QED) is 0.471. The van der Waals surface area contributed by atoms with Gasteiger partial charge in [-0.05, 0) is 6.92 Å². The summed E-state index contributed by atoms with van der Waals surface area (Å²) < 4.78 is 0. The minimum absolute atomic E-state index is 0.293. The Hall–Kier alpha value is -0.370. The number of carbonyl (C=O) groups is 1. The van der Waals surface area contributed by atoms with E-state index in [2.05, 4.69) is 12.2 Å². The standard InChI is InChI=1S/C7H13NO/c1-5-4-8-6(2)3-7(5)9/h5-6,8H,3-4H2,1-2H3/p+1/t5-,6+/m1/s1. The van der Waals surface area contributed by atoms with Gasteiger partial charge in [0, 0.05) is 0 Å². The molecule has 0 amide bonds. The summed E-state index contributed by atoms with van der Waals surface area (Å²) in [7, 11) is 0. The third-order valence-electron chi connectivity index (χ3n) is 1.96. The third-order valence-corrected chi connectivity index (χ3v) is 1.96. The first-order chi connectivity index (χ1) is 4.20. The minimum atomic E-state index is 0.293. The number of hydrogen-bond acceptors (Lipinski definition) is 1. The van der Waals surface area contributed by atoms with Crippen molar-refractivity contribution >= 4 is 5.78 Å². The van der Waals surface area contributed by atoms with Gasteiger partial charge in [0.2, 0.25) is 0 Å². The van der Waals surface area contributed by atoms with Crippen molar-refractivity contribution < 1.29 is 10.1 Å². The number of nitrogens with two attached hydrogens (primary N) is 1. The van der Waals surface area contributed by atoms with E-state index in [0.29, 0.717) is 17.7 Å². The van der Waals surface area contributed by atoms with Gasteiger partial charge in [-0.25, -0.2) is 0 Å². The number of rotatable bonds is 0. The Morgan fingerprint density at radius 1 is 1.56 bits per heavy atom. The Morgan fingerprint density at radius 2 is 2.22 bits per heavy atom. The Kier molecular flexibility index (Phi) is 1.86. The average Bonchev–Trinajstić information content (AvgIpc) is 1.80. The first-order valence-corrected chi connectivity index (χ1v) is 3.56. The molecular weight excluding hydrogens is 114 g/mol. The van der Waals surface area contributed by atoms with Crippen molar-refractivity contribution in [3.63, 3.8) is 0 Å². The lowest BCUT2D eigenvalue weighted by Gasteiger charge is -2.19. The van der Waals surface area contributed by atoms with Gasteiger partial charge in [0.25, 0.3) is 0 Å². The summed E-state index contributed by atoms with van der Waals surface area (Å²) >= 11 is 0. The van der Waals surface area contributed by atoms with Crippen LogP contribution in [0.4, 0.5) is 0 Å². The van der Waals surface area contributed by atoms with Gasteiger partial charge in [-0.2, -0.15) is 0 Å². The molecule has 0 spiro atoms. The summed E-state index contributed by atoms with van der Waals surface area (Å²) in [6.07, 6.45) is 0.765. The molecule has 0 unspecified atom stereocenters. The Bertz CT molecular complexity index is 122. The molecule has 0 aromatic carbocycles. The van der Waals surface area contributed by atoms with Crippen molar-refractivity contribution in [2.24, 2.45) is 5.92 Å². The van der Waals surface area contributed by atoms with Crippen molar-refractivity contribution in [2.75, 3.05) is 6.54 Å². The maximum Gasteiger partial charge on any atom is 0.147 e. The maximum absolute atomic E-state index is 11.0. The Balaban J connectivity index is 2.44. The van der Waals surface area contributed by atoms with Crippen LogP contribution in [0.1, 0.15) is 20.3 Å². The van der Waals surface area contributed by atoms with E-state index in [-0.39, 0.29) is 0 Å². The highest BCUT2D eigenvalue weighted by molar-refractivity contribution is 5.81. The third kappa shape index (κ3) is 1.52. The average molecular weight is 128 g/mol. The van der Waals surface area contributed by atoms with E-state index in [1.165, 1.54) is 0 Å². The predicted octanol–water partition coefficient (Wildman–Crippen LogP) is -0.453. The molecule has 1 aliphatic rings. The van der Waals surface area contributed by atoms with E-state index in [9.17, 15) is 4.79 Å². The molecule has 1 fully saturated rings. The molecule has 0 saturated carbocycles. The zero-order valence-electron chi connectivity index (χ0n) is 6.05. The van der Waals surface area contributed by atoms with Crippen LogP contribution in [0, 0.1) is 5.92 Å². The van der Waals surface area contributed by atoms with Crippen LogP contribution in [0.2, 0.25) is 0 Å². The number of piperidine rings is 1. The normalized spacial score (nSPS) is 36.9. The molecule has 0 bridgehead atoms. The van der Waals surface area contributed by atoms with Crippen LogP contribution in [0.25, 0.3) is 0 Å². The molecule has 1 rings (SSSR count). The lowest BCUT2D eigenvalue weighted by Crippen LogP contribution is -2.92. The molecular formula is C7H14NO+. The second kappa shape index (κ2) is 2.48. The van der Waals surface area contributed by atoms with Gasteiger partial charge >= 0.3 is 0 Å². The van der Waals surface area contributed by atoms with Crippen molar-refractivity contribution in [3.05, 3.63) is 0 Å². The van der Waals surface area contributed by atoms with E-state index in [1.807, 2.05) is 6.92 Å². The van der Waals surface area contributed by atoms with E-state index >= 15 is 0 Å². The van der Waals surface area contributed by atoms with Crippen molar-refractivity contribution in [3.8, 4) is 0 Å². The van der Waals surface area contributed by atoms with E-state index < -0.39 is 0 Å². The number of hydrogen-bond donors (Lipinski definition) is 1. The van der Waals surface area contributed by atoms with E-state index in [4.69, 9.17) is 0 Å². The zero-order chi connectivity index (χ0) is 6.85. The fraction of sp³-hybridized carbons (Fsp3) is 0.857. The highest BCUT2D eigenvalue weighted by atomic mass is 16.1. The van der Waals surface area contributed by atoms with Gasteiger partial charge in [0.15, 0.2) is 0 Å². The second-order valence-corrected chi connectivity index (χ2v) is 3.02. The molecule has 1 aliphatic heterocycles. The van der Waals surface area contributed by atoms with E-state index in [0.717, 1.165) is 13.0 Å². The summed E-state index contributed by atoms with van der Waals surface area (Å²) in [5, 5.41) is 2.24. The van der Waals surface area contributed by atoms with Gasteiger partial charge in [-0.3, -0.25) is 4.79 Å². The first kappa shape index (κ1) is 6.75. The lowest BCUT2D eigenvalue weighted by atomic mass is 9.96. The molecule has 1 heterocycles. The number of ketones is 1. The maximum atomic E-state index is 11.0. The van der Waals surface area contributed by atoms with Gasteiger partial charge in [0.1, 0.15) is 5.78 Å². The zero-order valence-corrected chi connectivity index (χ0v) is 6.05. The molecule has 0 aromatic rings. The molecule has 2 N–H and O–H groups in total. The minimum Gasteiger partial charge on any atom is -0.343 e. The van der Waals surface area contributed by atoms with Crippen LogP contribution in [0.15, 0.2) is 0 Å². The summed E-state index contributed by atoms with van der Waals surface area (Å²) in [6, 6.07) is 0.522. The molecule has 9 heavy (non-hydrogen) atoms. The van der Waals surface area contributed by atoms with Crippen LogP contribution < -0.4 is 5.32 Å². The fourth-order valence-electron chi connectivity index (χ4n) is 1.17. The summed E-state index contributed by atoms with van der Waals surface area (Å²) in [4.78, 5) is 11.0. The molecule has 0 aliphatic carbocycles. The van der Waals surface area contributed by atoms with Crippen LogP contribution in [-0.4, -0.2) is 18.4 Å². The highest BCUT2D eigenvalue weighted by Crippen LogP contribution is 2.02. The summed E-state index contributed by atoms with van der Waals surface area (Å²) in [6.45, 7) is 5.09. The van der Waals surface area contributed by atoms with Gasteiger partial charge in [-0.15, -0.1) is 0 Å². The predicted molar refractivity (Wildman–Crippen MR) is 35.0 cm³/mol. The van der Waals surface area contributed by atoms with Crippen molar-refractivity contribution in [2.45, 2.75) is 26.3 Å². The molecule has 2 nitrogen and oxygen atoms in total. The first-order valence-electron chi connectivity index (χ1n) is 3.56. The monoisotopic (exact) mass is 128 g/mol. The lowest BCUT2D eigenvalue weighted by molar-refractivity contribution is -0.692. The van der Waals surface area contributed by atoms with Crippen LogP contribution >= 0.6 is 0 Å². The fourth-order valence-corrected chi connectivity index (χ4v) is 1.17. The second-order valence-electron chi connectivity index (χ2n) is 3.02. The molecule has 52 valence electrons. The van der Waals surface area contributed by atoms with Gasteiger partial charge in [0.05, 0.1) is 24.9 Å². The Morgan fingerprint density at radius 3 is 2.67 bits per heavy atom. The van der Waals surface area contributed by atoms with Crippen LogP contribution in [0.5, 0.6) is 0 Å². The van der Waals surface area contributed by atoms with Crippen LogP contribution in [-0.2, 0) is 4.79 Å². The number of quaternary nitrogens is 1. The number of carbonyl (C=O) groups excluding carboxylic acids is 1. The molecule has 0 aromatic heterocycles. The van der Waals surface area contributed by atoms with Crippen LogP contribution in [0.3, 0.4) is 0 Å². The summed E-state index contributed by atoms with van der Waals surface area (Å²) in [5.74, 6) is 0.728. The SMILES string of the molecule is C[C@@H]1C[NH2+][C@@H](C)CC1=O. The topological polar surface area (TPSA) is 33.7 Å². The largest absolute Gasteiger partial charge is 0.343 e. The smallest absolute Gasteiger partial charge is 0.147 e. The van der Waals surface area contributed by atoms with Gasteiger partial charge < -0.3 is 5.32 Å². The van der Waals surface area contributed by atoms with E-state index in [1.54, 1.807) is 0 Å². The molecule has 1 saturated heterocycles. The van der Waals surface area contributed by atoms with Crippen molar-refractivity contribution in [1.82, 2.24) is 0 Å². The molecule has 2 heteroatoms. The Labute approximate surface area is 55.6 Å². The molecule has 0 radical (unpaired) electrons. The number of Topliss-reactive ketones (excluding diaryl/α,β-unsaturated/α-hetero) is 1. The highest BCUT2D eigenvalue weighted by Gasteiger charge is 2.24. The summed E-state index contributed by atoms with van der Waals surface area (Å²) in [5.41, 5.74) is 0. The molecule has 2 atom stereocenters.